The summed E-state index contributed by atoms with van der Waals surface area (Å²) in [6.07, 6.45) is -1.90. The quantitative estimate of drug-likeness (QED) is 0.392. The van der Waals surface area contributed by atoms with E-state index in [0.29, 0.717) is 48.2 Å². The number of benzene rings is 2. The van der Waals surface area contributed by atoms with E-state index in [-0.39, 0.29) is 35.7 Å². The Labute approximate surface area is 231 Å². The van der Waals surface area contributed by atoms with Crippen molar-refractivity contribution in [1.29, 1.82) is 0 Å². The fourth-order valence-corrected chi connectivity index (χ4v) is 5.30. The number of sulfone groups is 1. The number of anilines is 2. The van der Waals surface area contributed by atoms with Crippen molar-refractivity contribution in [3.05, 3.63) is 54.2 Å². The summed E-state index contributed by atoms with van der Waals surface area (Å²) in [5.41, 5.74) is 2.01. The van der Waals surface area contributed by atoms with E-state index in [1.807, 2.05) is 6.07 Å². The predicted octanol–water partition coefficient (Wildman–Crippen LogP) is 4.12. The highest BCUT2D eigenvalue weighted by molar-refractivity contribution is 7.90. The summed E-state index contributed by atoms with van der Waals surface area (Å²) < 4.78 is 69.8. The first-order chi connectivity index (χ1) is 18.9. The molecule has 1 fully saturated rings. The Morgan fingerprint density at radius 2 is 1.82 bits per heavy atom. The summed E-state index contributed by atoms with van der Waals surface area (Å²) in [7, 11) is -1.83. The highest BCUT2D eigenvalue weighted by Gasteiger charge is 2.30. The van der Waals surface area contributed by atoms with Crippen LogP contribution in [0.2, 0.25) is 0 Å². The molecule has 1 aliphatic heterocycles. The average Bonchev–Trinajstić information content (AvgIpc) is 3.23. The zero-order valence-electron chi connectivity index (χ0n) is 22.2. The van der Waals surface area contributed by atoms with Gasteiger partial charge in [-0.25, -0.2) is 8.42 Å². The second-order valence-corrected chi connectivity index (χ2v) is 11.7. The van der Waals surface area contributed by atoms with Crippen LogP contribution in [-0.4, -0.2) is 75.6 Å². The minimum atomic E-state index is -4.44. The van der Waals surface area contributed by atoms with E-state index >= 15 is 0 Å². The molecular weight excluding hydrogens is 545 g/mol. The van der Waals surface area contributed by atoms with E-state index in [1.165, 1.54) is 23.8 Å². The van der Waals surface area contributed by atoms with Gasteiger partial charge in [-0.05, 0) is 61.2 Å². The SMILES string of the molecule is COCC(=O)N1CCC(Nc2cccc3c2cc(C#CCNc2ccc(S(C)(=O)=O)cc2)n3CC(F)(F)F)CC1. The summed E-state index contributed by atoms with van der Waals surface area (Å²) in [5.74, 6) is 5.68. The van der Waals surface area contributed by atoms with E-state index < -0.39 is 22.6 Å². The second-order valence-electron chi connectivity index (χ2n) is 9.65. The fourth-order valence-electron chi connectivity index (χ4n) is 4.67. The number of ether oxygens (including phenoxy) is 1. The van der Waals surface area contributed by atoms with Gasteiger partial charge in [-0.1, -0.05) is 12.0 Å². The molecule has 214 valence electrons. The molecule has 0 unspecified atom stereocenters. The molecule has 2 aromatic carbocycles. The number of likely N-dealkylation sites (tertiary alicyclic amines) is 1. The van der Waals surface area contributed by atoms with Crippen molar-refractivity contribution < 1.29 is 31.1 Å². The molecule has 0 spiro atoms. The highest BCUT2D eigenvalue weighted by Crippen LogP contribution is 2.31. The lowest BCUT2D eigenvalue weighted by Gasteiger charge is -2.33. The van der Waals surface area contributed by atoms with Crippen LogP contribution in [0.1, 0.15) is 18.5 Å². The number of carbonyl (C=O) groups is 1. The van der Waals surface area contributed by atoms with Crippen LogP contribution < -0.4 is 10.6 Å². The normalized spacial score (nSPS) is 14.6. The fraction of sp³-hybridized carbons (Fsp3) is 0.393. The van der Waals surface area contributed by atoms with Crippen molar-refractivity contribution in [1.82, 2.24) is 9.47 Å². The molecule has 40 heavy (non-hydrogen) atoms. The van der Waals surface area contributed by atoms with E-state index in [1.54, 1.807) is 35.2 Å². The van der Waals surface area contributed by atoms with E-state index in [9.17, 15) is 26.4 Å². The maximum absolute atomic E-state index is 13.5. The first kappa shape index (κ1) is 29.3. The molecule has 1 aromatic heterocycles. The van der Waals surface area contributed by atoms with Gasteiger partial charge in [0.1, 0.15) is 13.2 Å². The van der Waals surface area contributed by atoms with Gasteiger partial charge < -0.3 is 24.8 Å². The molecule has 1 amide bonds. The standard InChI is InChI=1S/C28H31F3N4O4S/c1-39-18-27(36)34-15-12-21(13-16-34)33-25-6-3-7-26-24(25)17-22(35(26)19-28(29,30)31)5-4-14-32-20-8-10-23(11-9-20)40(2,37)38/h3,6-11,17,21,32-33H,12-16,18-19H2,1-2H3. The zero-order chi connectivity index (χ0) is 28.9. The first-order valence-corrected chi connectivity index (χ1v) is 14.6. The van der Waals surface area contributed by atoms with Gasteiger partial charge in [0.25, 0.3) is 0 Å². The van der Waals surface area contributed by atoms with Crippen molar-refractivity contribution in [3.8, 4) is 11.8 Å². The third-order valence-corrected chi connectivity index (χ3v) is 7.77. The number of hydrogen-bond acceptors (Lipinski definition) is 6. The van der Waals surface area contributed by atoms with Crippen LogP contribution in [0, 0.1) is 11.8 Å². The van der Waals surface area contributed by atoms with E-state index in [0.717, 1.165) is 6.26 Å². The van der Waals surface area contributed by atoms with E-state index in [2.05, 4.69) is 22.5 Å². The lowest BCUT2D eigenvalue weighted by molar-refractivity contribution is -0.140. The molecule has 2 heterocycles. The molecule has 0 aliphatic carbocycles. The van der Waals surface area contributed by atoms with E-state index in [4.69, 9.17) is 4.74 Å². The number of piperidine rings is 1. The van der Waals surface area contributed by atoms with Gasteiger partial charge >= 0.3 is 6.18 Å². The van der Waals surface area contributed by atoms with Crippen molar-refractivity contribution >= 4 is 38.0 Å². The summed E-state index contributed by atoms with van der Waals surface area (Å²) in [6.45, 7) is 0.164. The topological polar surface area (TPSA) is 92.7 Å². The molecule has 2 N–H and O–H groups in total. The number of nitrogens with one attached hydrogen (secondary N) is 2. The maximum atomic E-state index is 13.5. The molecule has 0 atom stereocenters. The summed E-state index contributed by atoms with van der Waals surface area (Å²) >= 11 is 0. The Morgan fingerprint density at radius 3 is 2.45 bits per heavy atom. The molecule has 0 saturated carbocycles. The van der Waals surface area contributed by atoms with Crippen molar-refractivity contribution in [2.45, 2.75) is 36.5 Å². The van der Waals surface area contributed by atoms with Gasteiger partial charge in [-0.2, -0.15) is 13.2 Å². The second kappa shape index (κ2) is 12.2. The number of alkyl halides is 3. The predicted molar refractivity (Wildman–Crippen MR) is 148 cm³/mol. The molecular formula is C28H31F3N4O4S. The molecule has 8 nitrogen and oxygen atoms in total. The van der Waals surface area contributed by atoms with Crippen LogP contribution in [0.3, 0.4) is 0 Å². The molecule has 1 aliphatic rings. The molecule has 0 radical (unpaired) electrons. The summed E-state index contributed by atoms with van der Waals surface area (Å²) in [4.78, 5) is 14.0. The molecule has 1 saturated heterocycles. The smallest absolute Gasteiger partial charge is 0.382 e. The summed E-state index contributed by atoms with van der Waals surface area (Å²) in [5, 5.41) is 7.12. The van der Waals surface area contributed by atoms with Crippen LogP contribution >= 0.6 is 0 Å². The molecule has 4 rings (SSSR count). The van der Waals surface area contributed by atoms with Crippen molar-refractivity contribution in [2.75, 3.05) is 50.2 Å². The lowest BCUT2D eigenvalue weighted by Crippen LogP contribution is -2.43. The van der Waals surface area contributed by atoms with Gasteiger partial charge in [-0.3, -0.25) is 4.79 Å². The lowest BCUT2D eigenvalue weighted by atomic mass is 10.0. The third-order valence-electron chi connectivity index (χ3n) is 6.64. The van der Waals surface area contributed by atoms with Gasteiger partial charge in [0.15, 0.2) is 9.84 Å². The number of amides is 1. The number of methoxy groups -OCH3 is 1. The van der Waals surface area contributed by atoms with Gasteiger partial charge in [0.05, 0.1) is 22.7 Å². The molecule has 3 aromatic rings. The van der Waals surface area contributed by atoms with Crippen molar-refractivity contribution in [3.63, 3.8) is 0 Å². The highest BCUT2D eigenvalue weighted by atomic mass is 32.2. The monoisotopic (exact) mass is 576 g/mol. The van der Waals surface area contributed by atoms with Crippen LogP contribution in [0.25, 0.3) is 10.9 Å². The minimum absolute atomic E-state index is 0.0406. The Hall–Kier alpha value is -3.69. The number of halogens is 3. The van der Waals surface area contributed by atoms with Crippen LogP contribution in [0.15, 0.2) is 53.4 Å². The van der Waals surface area contributed by atoms with Crippen LogP contribution in [0.5, 0.6) is 0 Å². The Bertz CT molecular complexity index is 1520. The molecule has 0 bridgehead atoms. The number of hydrogen-bond donors (Lipinski definition) is 2. The number of fused-ring (bicyclic) bond motifs is 1. The zero-order valence-corrected chi connectivity index (χ0v) is 23.0. The number of aromatic nitrogens is 1. The Morgan fingerprint density at radius 1 is 1.12 bits per heavy atom. The number of rotatable bonds is 8. The Balaban J connectivity index is 1.51. The number of carbonyl (C=O) groups excluding carboxylic acids is 1. The first-order valence-electron chi connectivity index (χ1n) is 12.7. The average molecular weight is 577 g/mol. The Kier molecular flexibility index (Phi) is 8.95. The summed E-state index contributed by atoms with van der Waals surface area (Å²) in [6, 6.07) is 13.1. The van der Waals surface area contributed by atoms with Crippen molar-refractivity contribution in [2.24, 2.45) is 0 Å². The maximum Gasteiger partial charge on any atom is 0.406 e. The number of nitrogens with zero attached hydrogens (tertiary/aromatic N) is 2. The van der Waals surface area contributed by atoms with Gasteiger partial charge in [0, 0.05) is 49.3 Å². The largest absolute Gasteiger partial charge is 0.406 e. The minimum Gasteiger partial charge on any atom is -0.382 e. The molecule has 12 heteroatoms. The van der Waals surface area contributed by atoms with Gasteiger partial charge in [0.2, 0.25) is 5.91 Å². The van der Waals surface area contributed by atoms with Crippen LogP contribution in [0.4, 0.5) is 24.5 Å². The van der Waals surface area contributed by atoms with Gasteiger partial charge in [-0.15, -0.1) is 0 Å². The van der Waals surface area contributed by atoms with Crippen LogP contribution in [-0.2, 0) is 25.9 Å². The third kappa shape index (κ3) is 7.49.